The third kappa shape index (κ3) is 1.71. The van der Waals surface area contributed by atoms with E-state index in [0.717, 1.165) is 12.8 Å². The van der Waals surface area contributed by atoms with Gasteiger partial charge in [-0.25, -0.2) is 0 Å². The van der Waals surface area contributed by atoms with Gasteiger partial charge in [0.1, 0.15) is 0 Å². The minimum atomic E-state index is -0.716. The molecular formula is C11H13NO2. The zero-order valence-electron chi connectivity index (χ0n) is 7.84. The number of carboxylic acids is 1. The van der Waals surface area contributed by atoms with Crippen molar-refractivity contribution in [1.82, 2.24) is 4.57 Å². The number of carboxylic acid groups (broad SMARTS) is 1. The molecule has 0 saturated heterocycles. The first kappa shape index (κ1) is 9.06. The van der Waals surface area contributed by atoms with Gasteiger partial charge in [-0.2, -0.15) is 0 Å². The zero-order chi connectivity index (χ0) is 9.97. The number of nitrogens with zero attached hydrogens (tertiary/aromatic N) is 1. The van der Waals surface area contributed by atoms with Crippen molar-refractivity contribution < 1.29 is 9.90 Å². The van der Waals surface area contributed by atoms with Gasteiger partial charge in [-0.05, 0) is 25.0 Å². The van der Waals surface area contributed by atoms with Gasteiger partial charge >= 0.3 is 5.97 Å². The first-order chi connectivity index (χ1) is 6.77. The summed E-state index contributed by atoms with van der Waals surface area (Å²) in [4.78, 5) is 10.7. The van der Waals surface area contributed by atoms with E-state index in [2.05, 4.69) is 4.57 Å². The van der Waals surface area contributed by atoms with E-state index < -0.39 is 5.97 Å². The molecule has 2 atom stereocenters. The van der Waals surface area contributed by atoms with E-state index in [0.29, 0.717) is 6.04 Å². The van der Waals surface area contributed by atoms with Crippen LogP contribution in [0.15, 0.2) is 36.7 Å². The second kappa shape index (κ2) is 3.70. The van der Waals surface area contributed by atoms with Crippen molar-refractivity contribution in [3.05, 3.63) is 36.7 Å². The molecule has 0 saturated carbocycles. The van der Waals surface area contributed by atoms with Crippen molar-refractivity contribution in [1.29, 1.82) is 0 Å². The van der Waals surface area contributed by atoms with Crippen molar-refractivity contribution in [2.45, 2.75) is 18.9 Å². The molecular weight excluding hydrogens is 178 g/mol. The summed E-state index contributed by atoms with van der Waals surface area (Å²) in [7, 11) is 0. The van der Waals surface area contributed by atoms with Crippen molar-refractivity contribution in [3.63, 3.8) is 0 Å². The summed E-state index contributed by atoms with van der Waals surface area (Å²) in [6.07, 6.45) is 9.45. The van der Waals surface area contributed by atoms with E-state index >= 15 is 0 Å². The van der Waals surface area contributed by atoms with Crippen LogP contribution in [0, 0.1) is 5.92 Å². The maximum atomic E-state index is 10.7. The number of hydrogen-bond donors (Lipinski definition) is 1. The summed E-state index contributed by atoms with van der Waals surface area (Å²) in [6, 6.07) is 4.30. The molecule has 1 N–H and O–H groups in total. The molecule has 0 amide bonds. The van der Waals surface area contributed by atoms with Gasteiger partial charge in [-0.1, -0.05) is 12.2 Å². The highest BCUT2D eigenvalue weighted by Crippen LogP contribution is 2.25. The third-order valence-electron chi connectivity index (χ3n) is 2.67. The first-order valence-electron chi connectivity index (χ1n) is 4.81. The van der Waals surface area contributed by atoms with Gasteiger partial charge in [0.2, 0.25) is 0 Å². The monoisotopic (exact) mass is 191 g/mol. The Balaban J connectivity index is 2.07. The molecule has 3 nitrogen and oxygen atoms in total. The Labute approximate surface area is 82.7 Å². The second-order valence-corrected chi connectivity index (χ2v) is 3.60. The highest BCUT2D eigenvalue weighted by molar-refractivity contribution is 5.72. The highest BCUT2D eigenvalue weighted by atomic mass is 16.4. The van der Waals surface area contributed by atoms with Crippen molar-refractivity contribution >= 4 is 5.97 Å². The van der Waals surface area contributed by atoms with Crippen molar-refractivity contribution in [2.75, 3.05) is 0 Å². The quantitative estimate of drug-likeness (QED) is 0.727. The van der Waals surface area contributed by atoms with Crippen LogP contribution in [0.3, 0.4) is 0 Å². The Kier molecular flexibility index (Phi) is 2.39. The fourth-order valence-corrected chi connectivity index (χ4v) is 1.83. The van der Waals surface area contributed by atoms with Gasteiger partial charge in [0.25, 0.3) is 0 Å². The number of carbonyl (C=O) groups is 1. The van der Waals surface area contributed by atoms with Crippen LogP contribution in [0.5, 0.6) is 0 Å². The van der Waals surface area contributed by atoms with Gasteiger partial charge in [0.05, 0.1) is 12.0 Å². The van der Waals surface area contributed by atoms with Crippen molar-refractivity contribution in [2.24, 2.45) is 5.92 Å². The lowest BCUT2D eigenvalue weighted by Crippen LogP contribution is -2.18. The lowest BCUT2D eigenvalue weighted by atomic mass is 9.93. The van der Waals surface area contributed by atoms with Gasteiger partial charge in [0.15, 0.2) is 0 Å². The van der Waals surface area contributed by atoms with Gasteiger partial charge in [0, 0.05) is 12.4 Å². The predicted molar refractivity (Wildman–Crippen MR) is 53.0 cm³/mol. The Morgan fingerprint density at radius 3 is 2.43 bits per heavy atom. The molecule has 1 aliphatic carbocycles. The Morgan fingerprint density at radius 2 is 1.93 bits per heavy atom. The fraction of sp³-hybridized carbons (Fsp3) is 0.364. The van der Waals surface area contributed by atoms with Crippen LogP contribution < -0.4 is 0 Å². The molecule has 0 bridgehead atoms. The minimum Gasteiger partial charge on any atom is -0.481 e. The summed E-state index contributed by atoms with van der Waals surface area (Å²) < 4.78 is 2.11. The molecule has 0 radical (unpaired) electrons. The average Bonchev–Trinajstić information content (AvgIpc) is 2.71. The van der Waals surface area contributed by atoms with Crippen LogP contribution >= 0.6 is 0 Å². The normalized spacial score (nSPS) is 26.3. The number of rotatable bonds is 2. The smallest absolute Gasteiger partial charge is 0.310 e. The van der Waals surface area contributed by atoms with E-state index in [4.69, 9.17) is 5.11 Å². The van der Waals surface area contributed by atoms with Crippen LogP contribution in [-0.4, -0.2) is 15.6 Å². The molecule has 1 aliphatic rings. The zero-order valence-corrected chi connectivity index (χ0v) is 7.84. The molecule has 0 fully saturated rings. The third-order valence-corrected chi connectivity index (χ3v) is 2.67. The fourth-order valence-electron chi connectivity index (χ4n) is 1.83. The highest BCUT2D eigenvalue weighted by Gasteiger charge is 2.20. The Bertz CT molecular complexity index is 340. The molecule has 0 aromatic carbocycles. The summed E-state index contributed by atoms with van der Waals surface area (Å²) in [5.74, 6) is -1.01. The molecule has 2 rings (SSSR count). The number of allylic oxidation sites excluding steroid dienone is 1. The summed E-state index contributed by atoms with van der Waals surface area (Å²) >= 11 is 0. The average molecular weight is 191 g/mol. The number of aliphatic carboxylic acids is 1. The van der Waals surface area contributed by atoms with Gasteiger partial charge in [-0.3, -0.25) is 4.79 Å². The van der Waals surface area contributed by atoms with E-state index in [1.165, 1.54) is 0 Å². The topological polar surface area (TPSA) is 42.2 Å². The molecule has 1 aromatic rings. The lowest BCUT2D eigenvalue weighted by Gasteiger charge is -2.21. The minimum absolute atomic E-state index is 0.290. The Hall–Kier alpha value is -1.51. The number of hydrogen-bond acceptors (Lipinski definition) is 1. The standard InChI is InChI=1S/C11H13NO2/c13-11(14)9-3-5-10(6-4-9)12-7-1-2-8-12/h1-3,5,7-10H,4,6H2,(H,13,14). The van der Waals surface area contributed by atoms with E-state index in [1.807, 2.05) is 30.6 Å². The van der Waals surface area contributed by atoms with Crippen LogP contribution in [0.2, 0.25) is 0 Å². The van der Waals surface area contributed by atoms with E-state index in [1.54, 1.807) is 6.08 Å². The van der Waals surface area contributed by atoms with Crippen LogP contribution in [-0.2, 0) is 4.79 Å². The molecule has 2 unspecified atom stereocenters. The van der Waals surface area contributed by atoms with E-state index in [-0.39, 0.29) is 5.92 Å². The summed E-state index contributed by atoms with van der Waals surface area (Å²) in [5, 5.41) is 8.80. The Morgan fingerprint density at radius 1 is 1.21 bits per heavy atom. The van der Waals surface area contributed by atoms with Gasteiger partial charge in [-0.15, -0.1) is 0 Å². The van der Waals surface area contributed by atoms with Crippen LogP contribution in [0.25, 0.3) is 0 Å². The molecule has 3 heteroatoms. The van der Waals surface area contributed by atoms with Crippen LogP contribution in [0.4, 0.5) is 0 Å². The molecule has 0 spiro atoms. The van der Waals surface area contributed by atoms with Crippen LogP contribution in [0.1, 0.15) is 18.9 Å². The predicted octanol–water partition coefficient (Wildman–Crippen LogP) is 2.08. The maximum absolute atomic E-state index is 10.7. The number of aromatic nitrogens is 1. The molecule has 74 valence electrons. The maximum Gasteiger partial charge on any atom is 0.310 e. The summed E-state index contributed by atoms with van der Waals surface area (Å²) in [5.41, 5.74) is 0. The summed E-state index contributed by atoms with van der Waals surface area (Å²) in [6.45, 7) is 0. The van der Waals surface area contributed by atoms with Gasteiger partial charge < -0.3 is 9.67 Å². The van der Waals surface area contributed by atoms with Crippen molar-refractivity contribution in [3.8, 4) is 0 Å². The first-order valence-corrected chi connectivity index (χ1v) is 4.81. The molecule has 1 aromatic heterocycles. The molecule has 0 aliphatic heterocycles. The SMILES string of the molecule is O=C(O)C1C=CC(n2cccc2)CC1. The second-order valence-electron chi connectivity index (χ2n) is 3.60. The molecule has 1 heterocycles. The van der Waals surface area contributed by atoms with E-state index in [9.17, 15) is 4.79 Å². The lowest BCUT2D eigenvalue weighted by molar-refractivity contribution is -0.140. The molecule has 14 heavy (non-hydrogen) atoms. The largest absolute Gasteiger partial charge is 0.481 e.